The second kappa shape index (κ2) is 7.55. The molecule has 0 aliphatic heterocycles. The molecule has 2 aromatic rings. The summed E-state index contributed by atoms with van der Waals surface area (Å²) in [5, 5.41) is 18.0. The standard InChI is InChI=1S/C15H19N3OS/c1-2-16-15(18-11-14-7-4-8-20-14)17-10-12-5-3-6-13(19)9-12/h3-9,19H,2,10-11H2,1H3,(H2,16,17,18). The van der Waals surface area contributed by atoms with Gasteiger partial charge in [0.15, 0.2) is 5.96 Å². The highest BCUT2D eigenvalue weighted by molar-refractivity contribution is 7.09. The first-order chi connectivity index (χ1) is 9.78. The average Bonchev–Trinajstić information content (AvgIpc) is 2.95. The predicted molar refractivity (Wildman–Crippen MR) is 84.1 cm³/mol. The van der Waals surface area contributed by atoms with Gasteiger partial charge in [0.1, 0.15) is 5.75 Å². The number of nitrogens with zero attached hydrogens (tertiary/aromatic N) is 1. The van der Waals surface area contributed by atoms with Crippen LogP contribution in [0.5, 0.6) is 5.75 Å². The van der Waals surface area contributed by atoms with Crippen molar-refractivity contribution in [3.63, 3.8) is 0 Å². The van der Waals surface area contributed by atoms with Crippen molar-refractivity contribution in [3.8, 4) is 5.75 Å². The van der Waals surface area contributed by atoms with Gasteiger partial charge in [-0.15, -0.1) is 11.3 Å². The van der Waals surface area contributed by atoms with Crippen LogP contribution < -0.4 is 10.6 Å². The molecule has 106 valence electrons. The van der Waals surface area contributed by atoms with Crippen molar-refractivity contribution in [2.45, 2.75) is 20.0 Å². The molecule has 20 heavy (non-hydrogen) atoms. The number of benzene rings is 1. The average molecular weight is 289 g/mol. The maximum Gasteiger partial charge on any atom is 0.191 e. The fraction of sp³-hybridized carbons (Fsp3) is 0.267. The van der Waals surface area contributed by atoms with Gasteiger partial charge < -0.3 is 15.7 Å². The molecular formula is C15H19N3OS. The molecule has 2 rings (SSSR count). The van der Waals surface area contributed by atoms with E-state index in [4.69, 9.17) is 0 Å². The van der Waals surface area contributed by atoms with E-state index in [1.54, 1.807) is 23.5 Å². The smallest absolute Gasteiger partial charge is 0.191 e. The van der Waals surface area contributed by atoms with Crippen molar-refractivity contribution >= 4 is 17.3 Å². The lowest BCUT2D eigenvalue weighted by atomic mass is 10.2. The number of hydrogen-bond donors (Lipinski definition) is 3. The molecule has 0 fully saturated rings. The first-order valence-electron chi connectivity index (χ1n) is 6.60. The molecule has 0 saturated carbocycles. The molecule has 0 amide bonds. The summed E-state index contributed by atoms with van der Waals surface area (Å²) >= 11 is 1.72. The van der Waals surface area contributed by atoms with Gasteiger partial charge >= 0.3 is 0 Å². The van der Waals surface area contributed by atoms with Crippen LogP contribution in [-0.4, -0.2) is 17.6 Å². The lowest BCUT2D eigenvalue weighted by Crippen LogP contribution is -2.36. The Morgan fingerprint density at radius 3 is 2.85 bits per heavy atom. The van der Waals surface area contributed by atoms with Crippen LogP contribution in [0.4, 0.5) is 0 Å². The van der Waals surface area contributed by atoms with E-state index in [9.17, 15) is 5.11 Å². The molecule has 0 spiro atoms. The number of phenolic OH excluding ortho intramolecular Hbond substituents is 1. The maximum atomic E-state index is 9.43. The summed E-state index contributed by atoms with van der Waals surface area (Å²) in [4.78, 5) is 5.78. The molecule has 1 aromatic carbocycles. The molecule has 4 nitrogen and oxygen atoms in total. The van der Waals surface area contributed by atoms with E-state index in [2.05, 4.69) is 27.1 Å². The summed E-state index contributed by atoms with van der Waals surface area (Å²) in [5.41, 5.74) is 0.985. The summed E-state index contributed by atoms with van der Waals surface area (Å²) in [6.07, 6.45) is 0. The summed E-state index contributed by atoms with van der Waals surface area (Å²) in [7, 11) is 0. The van der Waals surface area contributed by atoms with Gasteiger partial charge in [0, 0.05) is 11.4 Å². The van der Waals surface area contributed by atoms with E-state index in [0.717, 1.165) is 24.6 Å². The Morgan fingerprint density at radius 1 is 1.25 bits per heavy atom. The zero-order valence-corrected chi connectivity index (χ0v) is 12.3. The fourth-order valence-electron chi connectivity index (χ4n) is 1.75. The van der Waals surface area contributed by atoms with E-state index in [-0.39, 0.29) is 5.75 Å². The Bertz CT molecular complexity index is 552. The Morgan fingerprint density at radius 2 is 2.15 bits per heavy atom. The molecule has 3 N–H and O–H groups in total. The van der Waals surface area contributed by atoms with Gasteiger partial charge in [0.25, 0.3) is 0 Å². The maximum absolute atomic E-state index is 9.43. The number of aromatic hydroxyl groups is 1. The van der Waals surface area contributed by atoms with Crippen LogP contribution in [0, 0.1) is 0 Å². The van der Waals surface area contributed by atoms with Crippen LogP contribution in [0.2, 0.25) is 0 Å². The van der Waals surface area contributed by atoms with Crippen LogP contribution >= 0.6 is 11.3 Å². The van der Waals surface area contributed by atoms with E-state index in [1.807, 2.05) is 25.1 Å². The molecule has 0 unspecified atom stereocenters. The number of hydrogen-bond acceptors (Lipinski definition) is 3. The Kier molecular flexibility index (Phi) is 5.43. The first kappa shape index (κ1) is 14.4. The predicted octanol–water partition coefficient (Wildman–Crippen LogP) is 2.71. The van der Waals surface area contributed by atoms with Crippen molar-refractivity contribution in [3.05, 3.63) is 52.2 Å². The van der Waals surface area contributed by atoms with Crippen molar-refractivity contribution in [1.82, 2.24) is 10.6 Å². The van der Waals surface area contributed by atoms with E-state index in [0.29, 0.717) is 6.54 Å². The van der Waals surface area contributed by atoms with Gasteiger partial charge in [-0.3, -0.25) is 0 Å². The molecule has 0 saturated heterocycles. The van der Waals surface area contributed by atoms with Crippen LogP contribution in [-0.2, 0) is 13.1 Å². The Labute approximate surface area is 123 Å². The minimum Gasteiger partial charge on any atom is -0.508 e. The highest BCUT2D eigenvalue weighted by Crippen LogP contribution is 2.11. The highest BCUT2D eigenvalue weighted by atomic mass is 32.1. The number of nitrogens with one attached hydrogen (secondary N) is 2. The van der Waals surface area contributed by atoms with E-state index in [1.165, 1.54) is 4.88 Å². The largest absolute Gasteiger partial charge is 0.508 e. The minimum absolute atomic E-state index is 0.272. The number of guanidine groups is 1. The Balaban J connectivity index is 1.94. The van der Waals surface area contributed by atoms with Crippen LogP contribution in [0.15, 0.2) is 46.8 Å². The zero-order chi connectivity index (χ0) is 14.2. The normalized spacial score (nSPS) is 11.3. The molecule has 0 atom stereocenters. The number of rotatable bonds is 5. The van der Waals surface area contributed by atoms with Crippen LogP contribution in [0.25, 0.3) is 0 Å². The SMILES string of the molecule is CCNC(=NCc1cccc(O)c1)NCc1cccs1. The van der Waals surface area contributed by atoms with Crippen molar-refractivity contribution in [2.24, 2.45) is 4.99 Å². The lowest BCUT2D eigenvalue weighted by molar-refractivity contribution is 0.474. The summed E-state index contributed by atoms with van der Waals surface area (Å²) in [6, 6.07) is 11.3. The van der Waals surface area contributed by atoms with Gasteiger partial charge in [-0.1, -0.05) is 18.2 Å². The van der Waals surface area contributed by atoms with Crippen molar-refractivity contribution < 1.29 is 5.11 Å². The van der Waals surface area contributed by atoms with Crippen LogP contribution in [0.3, 0.4) is 0 Å². The molecule has 0 aliphatic rings. The van der Waals surface area contributed by atoms with Gasteiger partial charge in [0.2, 0.25) is 0 Å². The first-order valence-corrected chi connectivity index (χ1v) is 7.48. The van der Waals surface area contributed by atoms with E-state index < -0.39 is 0 Å². The molecule has 5 heteroatoms. The third kappa shape index (κ3) is 4.59. The minimum atomic E-state index is 0.272. The number of aliphatic imine (C=N–C) groups is 1. The fourth-order valence-corrected chi connectivity index (χ4v) is 2.40. The summed E-state index contributed by atoms with van der Waals surface area (Å²) in [5.74, 6) is 1.05. The van der Waals surface area contributed by atoms with Gasteiger partial charge in [-0.2, -0.15) is 0 Å². The molecule has 0 bridgehead atoms. The molecular weight excluding hydrogens is 270 g/mol. The highest BCUT2D eigenvalue weighted by Gasteiger charge is 1.99. The molecule has 0 radical (unpaired) electrons. The summed E-state index contributed by atoms with van der Waals surface area (Å²) in [6.45, 7) is 4.16. The van der Waals surface area contributed by atoms with Gasteiger partial charge in [-0.25, -0.2) is 4.99 Å². The Hall–Kier alpha value is -2.01. The van der Waals surface area contributed by atoms with Gasteiger partial charge in [-0.05, 0) is 36.1 Å². The van der Waals surface area contributed by atoms with Crippen LogP contribution in [0.1, 0.15) is 17.4 Å². The zero-order valence-electron chi connectivity index (χ0n) is 11.5. The van der Waals surface area contributed by atoms with Crippen molar-refractivity contribution in [1.29, 1.82) is 0 Å². The molecule has 0 aliphatic carbocycles. The lowest BCUT2D eigenvalue weighted by Gasteiger charge is -2.10. The third-order valence-electron chi connectivity index (χ3n) is 2.68. The van der Waals surface area contributed by atoms with Gasteiger partial charge in [0.05, 0.1) is 13.1 Å². The van der Waals surface area contributed by atoms with Crippen molar-refractivity contribution in [2.75, 3.05) is 6.54 Å². The second-order valence-corrected chi connectivity index (χ2v) is 5.33. The monoisotopic (exact) mass is 289 g/mol. The molecule has 1 heterocycles. The second-order valence-electron chi connectivity index (χ2n) is 4.30. The summed E-state index contributed by atoms with van der Waals surface area (Å²) < 4.78 is 0. The number of thiophene rings is 1. The van der Waals surface area contributed by atoms with E-state index >= 15 is 0 Å². The number of phenols is 1. The topological polar surface area (TPSA) is 56.7 Å². The third-order valence-corrected chi connectivity index (χ3v) is 3.56. The quantitative estimate of drug-likeness (QED) is 0.586. The molecule has 1 aromatic heterocycles.